The van der Waals surface area contributed by atoms with Crippen LogP contribution >= 0.6 is 0 Å². The lowest BCUT2D eigenvalue weighted by atomic mass is 9.79. The topological polar surface area (TPSA) is 33.0 Å². The van der Waals surface area contributed by atoms with Gasteiger partial charge in [0.05, 0.1) is 24.2 Å². The molecule has 0 aliphatic carbocycles. The van der Waals surface area contributed by atoms with Crippen LogP contribution in [0.15, 0.2) is 72.8 Å². The van der Waals surface area contributed by atoms with Crippen molar-refractivity contribution in [3.8, 4) is 23.7 Å². The first-order chi connectivity index (χ1) is 17.8. The van der Waals surface area contributed by atoms with Crippen molar-refractivity contribution in [2.24, 2.45) is 0 Å². The predicted molar refractivity (Wildman–Crippen MR) is 150 cm³/mol. The van der Waals surface area contributed by atoms with Gasteiger partial charge in [0.25, 0.3) is 0 Å². The largest absolute Gasteiger partial charge is 0.332 e. The normalized spacial score (nSPS) is 16.2. The Kier molecular flexibility index (Phi) is 5.42. The predicted octanol–water partition coefficient (Wildman–Crippen LogP) is 6.67. The van der Waals surface area contributed by atoms with Gasteiger partial charge in [-0.3, -0.25) is 0 Å². The number of rotatable bonds is 2. The van der Waals surface area contributed by atoms with Gasteiger partial charge in [-0.05, 0) is 57.7 Å². The van der Waals surface area contributed by atoms with Gasteiger partial charge >= 0.3 is 0 Å². The molecule has 0 amide bonds. The molecule has 0 bridgehead atoms. The second kappa shape index (κ2) is 8.56. The molecule has 6 rings (SSSR count). The molecule has 4 heteroatoms. The van der Waals surface area contributed by atoms with Crippen LogP contribution in [0.1, 0.15) is 39.0 Å². The Hall–Kier alpha value is -3.96. The van der Waals surface area contributed by atoms with Gasteiger partial charge in [-0.15, -0.1) is 10.3 Å². The number of para-hydroxylation sites is 3. The molecule has 0 fully saturated rings. The van der Waals surface area contributed by atoms with E-state index in [1.807, 2.05) is 33.8 Å². The van der Waals surface area contributed by atoms with E-state index >= 15 is 0 Å². The van der Waals surface area contributed by atoms with Crippen LogP contribution in [0.25, 0.3) is 32.7 Å². The van der Waals surface area contributed by atoms with Crippen molar-refractivity contribution in [2.45, 2.75) is 58.3 Å². The summed E-state index contributed by atoms with van der Waals surface area (Å²) in [6, 6.07) is 25.3. The van der Waals surface area contributed by atoms with Crippen LogP contribution in [-0.4, -0.2) is 19.7 Å². The maximum absolute atomic E-state index is 13.2. The van der Waals surface area contributed by atoms with E-state index in [1.165, 1.54) is 32.6 Å². The molecule has 5 aromatic rings. The van der Waals surface area contributed by atoms with Crippen LogP contribution in [0.3, 0.4) is 0 Å². The Morgan fingerprint density at radius 3 is 1.70 bits per heavy atom. The third-order valence-electron chi connectivity index (χ3n) is 7.74. The second-order valence-electron chi connectivity index (χ2n) is 11.0. The molecule has 1 radical (unpaired) electrons. The zero-order valence-electron chi connectivity index (χ0n) is 21.8. The van der Waals surface area contributed by atoms with Crippen molar-refractivity contribution >= 4 is 32.7 Å². The van der Waals surface area contributed by atoms with Crippen molar-refractivity contribution < 1.29 is 5.21 Å². The summed E-state index contributed by atoms with van der Waals surface area (Å²) >= 11 is 0. The molecule has 1 aliphatic rings. The first-order valence-electron chi connectivity index (χ1n) is 12.8. The standard InChI is InChI=1S/C33H30N3O/c1-32(2)23-30-31(33(3,4)36(32)37)26-17-9-12-20-29(26)35(30)22-14-6-5-13-21-34-27-18-10-7-15-24(27)25-16-8-11-19-28(25)34/h7-12,15-20H,21-23H2,1-4H3. The Bertz CT molecular complexity index is 1740. The molecule has 0 N–H and O–H groups in total. The van der Waals surface area contributed by atoms with Crippen molar-refractivity contribution in [2.75, 3.05) is 0 Å². The summed E-state index contributed by atoms with van der Waals surface area (Å²) in [7, 11) is 0. The Morgan fingerprint density at radius 1 is 0.676 bits per heavy atom. The summed E-state index contributed by atoms with van der Waals surface area (Å²) < 4.78 is 4.54. The van der Waals surface area contributed by atoms with Gasteiger partial charge in [0.2, 0.25) is 0 Å². The van der Waals surface area contributed by atoms with E-state index in [4.69, 9.17) is 0 Å². The van der Waals surface area contributed by atoms with E-state index in [2.05, 4.69) is 99.5 Å². The summed E-state index contributed by atoms with van der Waals surface area (Å²) in [5, 5.41) is 18.1. The highest BCUT2D eigenvalue weighted by Gasteiger charge is 2.48. The molecule has 3 aromatic carbocycles. The summed E-state index contributed by atoms with van der Waals surface area (Å²) in [6.07, 6.45) is 0.686. The van der Waals surface area contributed by atoms with E-state index in [0.29, 0.717) is 19.5 Å². The van der Waals surface area contributed by atoms with Gasteiger partial charge in [-0.1, -0.05) is 66.4 Å². The van der Waals surface area contributed by atoms with E-state index in [0.717, 1.165) is 16.5 Å². The summed E-state index contributed by atoms with van der Waals surface area (Å²) in [4.78, 5) is 0. The molecule has 1 aliphatic heterocycles. The fourth-order valence-corrected chi connectivity index (χ4v) is 6.24. The lowest BCUT2D eigenvalue weighted by molar-refractivity contribution is -0.280. The van der Waals surface area contributed by atoms with Crippen molar-refractivity contribution in [3.05, 3.63) is 84.1 Å². The van der Waals surface area contributed by atoms with Crippen LogP contribution < -0.4 is 0 Å². The lowest BCUT2D eigenvalue weighted by Gasteiger charge is -2.47. The number of hydrogen-bond acceptors (Lipinski definition) is 1. The molecule has 37 heavy (non-hydrogen) atoms. The van der Waals surface area contributed by atoms with Gasteiger partial charge < -0.3 is 9.13 Å². The first kappa shape index (κ1) is 23.4. The van der Waals surface area contributed by atoms with E-state index in [1.54, 1.807) is 0 Å². The van der Waals surface area contributed by atoms with Gasteiger partial charge in [0.15, 0.2) is 0 Å². The third-order valence-corrected chi connectivity index (χ3v) is 7.74. The van der Waals surface area contributed by atoms with Crippen LogP contribution in [-0.2, 0) is 30.3 Å². The van der Waals surface area contributed by atoms with Crippen molar-refractivity contribution in [3.63, 3.8) is 0 Å². The van der Waals surface area contributed by atoms with Crippen molar-refractivity contribution in [1.29, 1.82) is 0 Å². The first-order valence-corrected chi connectivity index (χ1v) is 12.8. The number of hydroxylamine groups is 2. The summed E-state index contributed by atoms with van der Waals surface area (Å²) in [5.74, 6) is 12.7. The van der Waals surface area contributed by atoms with Crippen LogP contribution in [0.5, 0.6) is 0 Å². The number of hydrogen-bond donors (Lipinski definition) is 0. The van der Waals surface area contributed by atoms with Gasteiger partial charge in [0.1, 0.15) is 0 Å². The fraction of sp³-hybridized carbons (Fsp3) is 0.273. The summed E-state index contributed by atoms with van der Waals surface area (Å²) in [6.45, 7) is 9.25. The fourth-order valence-electron chi connectivity index (χ4n) is 6.24. The number of aromatic nitrogens is 2. The molecule has 4 nitrogen and oxygen atoms in total. The van der Waals surface area contributed by atoms with Crippen LogP contribution in [0.4, 0.5) is 0 Å². The average molecular weight is 485 g/mol. The minimum atomic E-state index is -0.614. The molecule has 0 spiro atoms. The lowest BCUT2D eigenvalue weighted by Crippen LogP contribution is -2.56. The second-order valence-corrected chi connectivity index (χ2v) is 11.0. The number of nitrogens with zero attached hydrogens (tertiary/aromatic N) is 3. The highest BCUT2D eigenvalue weighted by Crippen LogP contribution is 2.46. The SMILES string of the molecule is CC1(C)Cc2c(c3ccccc3n2CC#CC#CCn2c3ccccc3c3ccccc32)C(C)(C)N1[O]. The molecule has 0 saturated heterocycles. The number of benzene rings is 3. The maximum Gasteiger partial charge on any atom is 0.0853 e. The van der Waals surface area contributed by atoms with Gasteiger partial charge in [0, 0.05) is 50.4 Å². The molecule has 183 valence electrons. The summed E-state index contributed by atoms with van der Waals surface area (Å²) in [5.41, 5.74) is 4.73. The van der Waals surface area contributed by atoms with Crippen molar-refractivity contribution in [1.82, 2.24) is 14.2 Å². The highest BCUT2D eigenvalue weighted by atomic mass is 16.5. The van der Waals surface area contributed by atoms with E-state index < -0.39 is 11.1 Å². The smallest absolute Gasteiger partial charge is 0.0853 e. The molecular formula is C33H30N3O. The van der Waals surface area contributed by atoms with Gasteiger partial charge in [-0.25, -0.2) is 0 Å². The zero-order valence-corrected chi connectivity index (χ0v) is 21.8. The minimum absolute atomic E-state index is 0.488. The molecule has 2 aromatic heterocycles. The Morgan fingerprint density at radius 2 is 1.14 bits per heavy atom. The Labute approximate surface area is 218 Å². The van der Waals surface area contributed by atoms with E-state index in [-0.39, 0.29) is 0 Å². The quantitative estimate of drug-likeness (QED) is 0.258. The molecule has 0 atom stereocenters. The van der Waals surface area contributed by atoms with Gasteiger partial charge in [-0.2, -0.15) is 0 Å². The maximum atomic E-state index is 13.2. The van der Waals surface area contributed by atoms with E-state index in [9.17, 15) is 5.21 Å². The molecule has 3 heterocycles. The van der Waals surface area contributed by atoms with Crippen LogP contribution in [0.2, 0.25) is 0 Å². The Balaban J connectivity index is 1.32. The minimum Gasteiger partial charge on any atom is -0.332 e. The molecular weight excluding hydrogens is 454 g/mol. The van der Waals surface area contributed by atoms with Crippen LogP contribution in [0, 0.1) is 23.7 Å². The zero-order chi connectivity index (χ0) is 25.8. The molecule has 0 unspecified atom stereocenters. The third kappa shape index (κ3) is 3.65. The average Bonchev–Trinajstić information content (AvgIpc) is 3.38. The number of fused-ring (bicyclic) bond motifs is 6. The molecule has 0 saturated carbocycles. The monoisotopic (exact) mass is 484 g/mol. The highest BCUT2D eigenvalue weighted by molar-refractivity contribution is 6.08.